The minimum Gasteiger partial charge on any atom is -0.395 e. The van der Waals surface area contributed by atoms with E-state index in [1.807, 2.05) is 6.92 Å². The van der Waals surface area contributed by atoms with E-state index in [0.29, 0.717) is 12.1 Å². The Balaban J connectivity index is 2.25. The van der Waals surface area contributed by atoms with Crippen LogP contribution in [0, 0.1) is 0 Å². The summed E-state index contributed by atoms with van der Waals surface area (Å²) in [7, 11) is 0. The van der Waals surface area contributed by atoms with E-state index in [9.17, 15) is 0 Å². The van der Waals surface area contributed by atoms with Crippen LogP contribution in [0.4, 0.5) is 0 Å². The molecule has 0 spiro atoms. The molecule has 0 aromatic heterocycles. The van der Waals surface area contributed by atoms with Gasteiger partial charge in [0.05, 0.1) is 6.61 Å². The standard InChI is InChI=1S/C10H22N2O/c1-8(2)12-5-4-10(6-12)11-9(3)7-13/h8-11,13H,4-7H2,1-3H3/t9-,10?/m1/s1. The average Bonchev–Trinajstić information content (AvgIpc) is 2.52. The molecule has 3 heteroatoms. The zero-order valence-electron chi connectivity index (χ0n) is 8.95. The van der Waals surface area contributed by atoms with Crippen LogP contribution in [0.3, 0.4) is 0 Å². The Morgan fingerprint density at radius 1 is 1.46 bits per heavy atom. The highest BCUT2D eigenvalue weighted by molar-refractivity contribution is 4.84. The van der Waals surface area contributed by atoms with Crippen molar-refractivity contribution in [2.45, 2.75) is 45.3 Å². The summed E-state index contributed by atoms with van der Waals surface area (Å²) in [5.41, 5.74) is 0. The highest BCUT2D eigenvalue weighted by Crippen LogP contribution is 2.12. The Bertz CT molecular complexity index is 150. The van der Waals surface area contributed by atoms with Crippen molar-refractivity contribution >= 4 is 0 Å². The molecule has 2 N–H and O–H groups in total. The van der Waals surface area contributed by atoms with Gasteiger partial charge < -0.3 is 10.4 Å². The monoisotopic (exact) mass is 186 g/mol. The summed E-state index contributed by atoms with van der Waals surface area (Å²) >= 11 is 0. The molecule has 1 rings (SSSR count). The van der Waals surface area contributed by atoms with Crippen LogP contribution in [0.2, 0.25) is 0 Å². The maximum atomic E-state index is 8.89. The maximum Gasteiger partial charge on any atom is 0.0582 e. The number of hydrogen-bond donors (Lipinski definition) is 2. The maximum absolute atomic E-state index is 8.89. The number of aliphatic hydroxyl groups is 1. The van der Waals surface area contributed by atoms with Gasteiger partial charge in [0.15, 0.2) is 0 Å². The van der Waals surface area contributed by atoms with Crippen molar-refractivity contribution in [2.24, 2.45) is 0 Å². The molecule has 1 aliphatic heterocycles. The Morgan fingerprint density at radius 2 is 2.15 bits per heavy atom. The molecule has 0 aliphatic carbocycles. The molecule has 0 bridgehead atoms. The fraction of sp³-hybridized carbons (Fsp3) is 1.00. The van der Waals surface area contributed by atoms with Crippen molar-refractivity contribution in [1.29, 1.82) is 0 Å². The molecule has 0 radical (unpaired) electrons. The SMILES string of the molecule is CC(C)N1CCC(N[C@H](C)CO)C1. The van der Waals surface area contributed by atoms with Gasteiger partial charge in [-0.15, -0.1) is 0 Å². The van der Waals surface area contributed by atoms with Crippen LogP contribution in [-0.4, -0.2) is 47.8 Å². The lowest BCUT2D eigenvalue weighted by Gasteiger charge is -2.21. The normalized spacial score (nSPS) is 27.0. The highest BCUT2D eigenvalue weighted by atomic mass is 16.3. The fourth-order valence-electron chi connectivity index (χ4n) is 1.85. The lowest BCUT2D eigenvalue weighted by molar-refractivity contribution is 0.231. The molecular formula is C10H22N2O. The molecule has 1 aliphatic rings. The molecule has 3 nitrogen and oxygen atoms in total. The topological polar surface area (TPSA) is 35.5 Å². The van der Waals surface area contributed by atoms with Gasteiger partial charge in [0, 0.05) is 24.7 Å². The lowest BCUT2D eigenvalue weighted by Crippen LogP contribution is -2.41. The average molecular weight is 186 g/mol. The number of rotatable bonds is 4. The van der Waals surface area contributed by atoms with Crippen LogP contribution >= 0.6 is 0 Å². The Kier molecular flexibility index (Phi) is 4.16. The number of nitrogens with one attached hydrogen (secondary N) is 1. The van der Waals surface area contributed by atoms with Gasteiger partial charge in [0.2, 0.25) is 0 Å². The largest absolute Gasteiger partial charge is 0.395 e. The number of nitrogens with zero attached hydrogens (tertiary/aromatic N) is 1. The van der Waals surface area contributed by atoms with Crippen LogP contribution < -0.4 is 5.32 Å². The highest BCUT2D eigenvalue weighted by Gasteiger charge is 2.24. The zero-order valence-corrected chi connectivity index (χ0v) is 8.95. The molecule has 78 valence electrons. The third-order valence-corrected chi connectivity index (χ3v) is 2.74. The summed E-state index contributed by atoms with van der Waals surface area (Å²) in [5.74, 6) is 0. The molecule has 1 unspecified atom stereocenters. The Hall–Kier alpha value is -0.120. The van der Waals surface area contributed by atoms with E-state index in [1.54, 1.807) is 0 Å². The number of aliphatic hydroxyl groups excluding tert-OH is 1. The van der Waals surface area contributed by atoms with Gasteiger partial charge in [-0.3, -0.25) is 4.90 Å². The minimum atomic E-state index is 0.233. The van der Waals surface area contributed by atoms with E-state index in [2.05, 4.69) is 24.1 Å². The first-order valence-corrected chi connectivity index (χ1v) is 5.24. The molecule has 0 amide bonds. The summed E-state index contributed by atoms with van der Waals surface area (Å²) in [5, 5.41) is 12.3. The second-order valence-electron chi connectivity index (χ2n) is 4.32. The fourth-order valence-corrected chi connectivity index (χ4v) is 1.85. The molecule has 0 saturated carbocycles. The second kappa shape index (κ2) is 4.94. The van der Waals surface area contributed by atoms with E-state index < -0.39 is 0 Å². The summed E-state index contributed by atoms with van der Waals surface area (Å²) in [6.07, 6.45) is 1.21. The second-order valence-corrected chi connectivity index (χ2v) is 4.32. The van der Waals surface area contributed by atoms with Gasteiger partial charge in [-0.25, -0.2) is 0 Å². The molecule has 13 heavy (non-hydrogen) atoms. The van der Waals surface area contributed by atoms with Crippen molar-refractivity contribution in [1.82, 2.24) is 10.2 Å². The van der Waals surface area contributed by atoms with E-state index >= 15 is 0 Å². The summed E-state index contributed by atoms with van der Waals surface area (Å²) in [6, 6.07) is 1.46. The van der Waals surface area contributed by atoms with Gasteiger partial charge in [0.25, 0.3) is 0 Å². The van der Waals surface area contributed by atoms with Gasteiger partial charge >= 0.3 is 0 Å². The van der Waals surface area contributed by atoms with Crippen LogP contribution in [0.15, 0.2) is 0 Å². The number of likely N-dealkylation sites (tertiary alicyclic amines) is 1. The smallest absolute Gasteiger partial charge is 0.0582 e. The first kappa shape index (κ1) is 11.0. The van der Waals surface area contributed by atoms with E-state index in [0.717, 1.165) is 6.54 Å². The van der Waals surface area contributed by atoms with Crippen LogP contribution in [0.1, 0.15) is 27.2 Å². The van der Waals surface area contributed by atoms with Crippen molar-refractivity contribution < 1.29 is 5.11 Å². The van der Waals surface area contributed by atoms with E-state index in [1.165, 1.54) is 13.0 Å². The van der Waals surface area contributed by atoms with Gasteiger partial charge in [-0.1, -0.05) is 0 Å². The number of hydrogen-bond acceptors (Lipinski definition) is 3. The zero-order chi connectivity index (χ0) is 9.84. The first-order chi connectivity index (χ1) is 6.13. The summed E-state index contributed by atoms with van der Waals surface area (Å²) < 4.78 is 0. The third-order valence-electron chi connectivity index (χ3n) is 2.74. The van der Waals surface area contributed by atoms with Crippen molar-refractivity contribution in [3.63, 3.8) is 0 Å². The van der Waals surface area contributed by atoms with Crippen LogP contribution in [-0.2, 0) is 0 Å². The molecule has 1 heterocycles. The molecule has 0 aromatic rings. The molecule has 0 aromatic carbocycles. The van der Waals surface area contributed by atoms with Gasteiger partial charge in [0.1, 0.15) is 0 Å². The van der Waals surface area contributed by atoms with Gasteiger partial charge in [-0.2, -0.15) is 0 Å². The van der Waals surface area contributed by atoms with Crippen molar-refractivity contribution in [2.75, 3.05) is 19.7 Å². The first-order valence-electron chi connectivity index (χ1n) is 5.24. The quantitative estimate of drug-likeness (QED) is 0.669. The molecule has 2 atom stereocenters. The molecular weight excluding hydrogens is 164 g/mol. The van der Waals surface area contributed by atoms with E-state index in [4.69, 9.17) is 5.11 Å². The molecule has 1 fully saturated rings. The van der Waals surface area contributed by atoms with Crippen LogP contribution in [0.5, 0.6) is 0 Å². The van der Waals surface area contributed by atoms with Crippen molar-refractivity contribution in [3.8, 4) is 0 Å². The lowest BCUT2D eigenvalue weighted by atomic mass is 10.2. The van der Waals surface area contributed by atoms with Crippen LogP contribution in [0.25, 0.3) is 0 Å². The predicted molar refractivity (Wildman–Crippen MR) is 54.8 cm³/mol. The Morgan fingerprint density at radius 3 is 2.62 bits per heavy atom. The molecule has 1 saturated heterocycles. The summed E-state index contributed by atoms with van der Waals surface area (Å²) in [6.45, 7) is 9.04. The minimum absolute atomic E-state index is 0.233. The van der Waals surface area contributed by atoms with Gasteiger partial charge in [-0.05, 0) is 33.7 Å². The third kappa shape index (κ3) is 3.25. The van der Waals surface area contributed by atoms with Crippen molar-refractivity contribution in [3.05, 3.63) is 0 Å². The Labute approximate surface area is 81.1 Å². The predicted octanol–water partition coefficient (Wildman–Crippen LogP) is 0.439. The van der Waals surface area contributed by atoms with E-state index in [-0.39, 0.29) is 12.6 Å². The summed E-state index contributed by atoms with van der Waals surface area (Å²) in [4.78, 5) is 2.47.